The minimum atomic E-state index is 0.0449. The van der Waals surface area contributed by atoms with Crippen LogP contribution in [-0.4, -0.2) is 43.7 Å². The predicted molar refractivity (Wildman–Crippen MR) is 61.9 cm³/mol. The first-order chi connectivity index (χ1) is 7.15. The molecule has 0 radical (unpaired) electrons. The minimum Gasteiger partial charge on any atom is -0.341 e. The van der Waals surface area contributed by atoms with Gasteiger partial charge in [-0.1, -0.05) is 0 Å². The molecule has 0 aromatic carbocycles. The SMILES string of the molecule is CNC(=O)N(CC1CCNCC1)C(C)C. The quantitative estimate of drug-likeness (QED) is 0.735. The molecule has 0 aromatic heterocycles. The third-order valence-electron chi connectivity index (χ3n) is 3.01. The van der Waals surface area contributed by atoms with E-state index in [0.717, 1.165) is 19.6 Å². The zero-order valence-electron chi connectivity index (χ0n) is 10.0. The average Bonchev–Trinajstić information content (AvgIpc) is 2.26. The molecule has 15 heavy (non-hydrogen) atoms. The average molecular weight is 213 g/mol. The molecule has 0 spiro atoms. The standard InChI is InChI=1S/C11H23N3O/c1-9(2)14(11(15)12-3)8-10-4-6-13-7-5-10/h9-10,13H,4-8H2,1-3H3,(H,12,15). The van der Waals surface area contributed by atoms with Gasteiger partial charge in [-0.2, -0.15) is 0 Å². The second-order valence-corrected chi connectivity index (χ2v) is 4.49. The fourth-order valence-electron chi connectivity index (χ4n) is 2.01. The number of rotatable bonds is 3. The van der Waals surface area contributed by atoms with E-state index < -0.39 is 0 Å². The van der Waals surface area contributed by atoms with Crippen LogP contribution in [-0.2, 0) is 0 Å². The summed E-state index contributed by atoms with van der Waals surface area (Å²) in [5.41, 5.74) is 0. The second-order valence-electron chi connectivity index (χ2n) is 4.49. The van der Waals surface area contributed by atoms with Crippen LogP contribution in [0.5, 0.6) is 0 Å². The van der Waals surface area contributed by atoms with Crippen molar-refractivity contribution in [3.8, 4) is 0 Å². The van der Waals surface area contributed by atoms with Crippen molar-refractivity contribution in [3.05, 3.63) is 0 Å². The zero-order valence-corrected chi connectivity index (χ0v) is 10.0. The zero-order chi connectivity index (χ0) is 11.3. The summed E-state index contributed by atoms with van der Waals surface area (Å²) in [5, 5.41) is 6.05. The third kappa shape index (κ3) is 3.70. The van der Waals surface area contributed by atoms with Crippen LogP contribution in [0.4, 0.5) is 4.79 Å². The lowest BCUT2D eigenvalue weighted by Gasteiger charge is -2.32. The van der Waals surface area contributed by atoms with Crippen LogP contribution >= 0.6 is 0 Å². The number of carbonyl (C=O) groups excluding carboxylic acids is 1. The van der Waals surface area contributed by atoms with Crippen molar-refractivity contribution < 1.29 is 4.79 Å². The van der Waals surface area contributed by atoms with Crippen LogP contribution in [0.25, 0.3) is 0 Å². The van der Waals surface area contributed by atoms with Gasteiger partial charge in [0.15, 0.2) is 0 Å². The highest BCUT2D eigenvalue weighted by molar-refractivity contribution is 5.74. The molecule has 1 saturated heterocycles. The molecule has 1 rings (SSSR count). The minimum absolute atomic E-state index is 0.0449. The summed E-state index contributed by atoms with van der Waals surface area (Å²) >= 11 is 0. The Morgan fingerprint density at radius 1 is 1.47 bits per heavy atom. The van der Waals surface area contributed by atoms with Gasteiger partial charge in [-0.3, -0.25) is 0 Å². The summed E-state index contributed by atoms with van der Waals surface area (Å²) in [4.78, 5) is 13.6. The summed E-state index contributed by atoms with van der Waals surface area (Å²) in [5.74, 6) is 0.658. The van der Waals surface area contributed by atoms with Crippen LogP contribution in [0.15, 0.2) is 0 Å². The Balaban J connectivity index is 2.46. The fraction of sp³-hybridized carbons (Fsp3) is 0.909. The Bertz CT molecular complexity index is 200. The van der Waals surface area contributed by atoms with Gasteiger partial charge in [0.05, 0.1) is 0 Å². The number of hydrogen-bond donors (Lipinski definition) is 2. The Kier molecular flexibility index (Phi) is 4.88. The number of urea groups is 1. The summed E-state index contributed by atoms with van der Waals surface area (Å²) in [6.07, 6.45) is 2.36. The van der Waals surface area contributed by atoms with E-state index in [0.29, 0.717) is 5.92 Å². The van der Waals surface area contributed by atoms with E-state index in [1.54, 1.807) is 7.05 Å². The maximum absolute atomic E-state index is 11.6. The molecule has 1 aliphatic rings. The molecule has 0 unspecified atom stereocenters. The van der Waals surface area contributed by atoms with Gasteiger partial charge in [0.2, 0.25) is 0 Å². The lowest BCUT2D eigenvalue weighted by atomic mass is 9.97. The maximum atomic E-state index is 11.6. The van der Waals surface area contributed by atoms with Crippen molar-refractivity contribution >= 4 is 6.03 Å². The van der Waals surface area contributed by atoms with Gasteiger partial charge >= 0.3 is 6.03 Å². The van der Waals surface area contributed by atoms with Crippen molar-refractivity contribution in [2.24, 2.45) is 5.92 Å². The molecule has 0 bridgehead atoms. The summed E-state index contributed by atoms with van der Waals surface area (Å²) in [6, 6.07) is 0.323. The van der Waals surface area contributed by atoms with Gasteiger partial charge in [0.25, 0.3) is 0 Å². The molecule has 4 nitrogen and oxygen atoms in total. The van der Waals surface area contributed by atoms with E-state index >= 15 is 0 Å². The highest BCUT2D eigenvalue weighted by atomic mass is 16.2. The van der Waals surface area contributed by atoms with Crippen molar-refractivity contribution in [2.45, 2.75) is 32.7 Å². The smallest absolute Gasteiger partial charge is 0.317 e. The number of hydrogen-bond acceptors (Lipinski definition) is 2. The maximum Gasteiger partial charge on any atom is 0.317 e. The fourth-order valence-corrected chi connectivity index (χ4v) is 2.01. The lowest BCUT2D eigenvalue weighted by molar-refractivity contribution is 0.164. The van der Waals surface area contributed by atoms with Crippen molar-refractivity contribution in [3.63, 3.8) is 0 Å². The van der Waals surface area contributed by atoms with Crippen LogP contribution in [0.3, 0.4) is 0 Å². The van der Waals surface area contributed by atoms with Crippen LogP contribution in [0.1, 0.15) is 26.7 Å². The number of amides is 2. The molecule has 0 saturated carbocycles. The number of nitrogens with zero attached hydrogens (tertiary/aromatic N) is 1. The highest BCUT2D eigenvalue weighted by Crippen LogP contribution is 2.15. The van der Waals surface area contributed by atoms with Gasteiger partial charge in [-0.15, -0.1) is 0 Å². The van der Waals surface area contributed by atoms with Crippen LogP contribution in [0, 0.1) is 5.92 Å². The molecular formula is C11H23N3O. The summed E-state index contributed by atoms with van der Waals surface area (Å²) in [7, 11) is 1.69. The Morgan fingerprint density at radius 3 is 2.53 bits per heavy atom. The van der Waals surface area contributed by atoms with E-state index in [2.05, 4.69) is 24.5 Å². The van der Waals surface area contributed by atoms with Crippen molar-refractivity contribution in [1.29, 1.82) is 0 Å². The van der Waals surface area contributed by atoms with Crippen molar-refractivity contribution in [1.82, 2.24) is 15.5 Å². The molecule has 1 aliphatic heterocycles. The van der Waals surface area contributed by atoms with Crippen LogP contribution < -0.4 is 10.6 Å². The number of carbonyl (C=O) groups is 1. The van der Waals surface area contributed by atoms with Gasteiger partial charge in [-0.05, 0) is 45.7 Å². The molecular weight excluding hydrogens is 190 g/mol. The molecule has 2 N–H and O–H groups in total. The van der Waals surface area contributed by atoms with Gasteiger partial charge in [-0.25, -0.2) is 4.79 Å². The molecule has 4 heteroatoms. The first-order valence-corrected chi connectivity index (χ1v) is 5.84. The topological polar surface area (TPSA) is 44.4 Å². The number of nitrogens with one attached hydrogen (secondary N) is 2. The third-order valence-corrected chi connectivity index (χ3v) is 3.01. The van der Waals surface area contributed by atoms with E-state index in [-0.39, 0.29) is 12.1 Å². The molecule has 0 aliphatic carbocycles. The molecule has 2 amide bonds. The Labute approximate surface area is 92.4 Å². The number of piperidine rings is 1. The Morgan fingerprint density at radius 2 is 2.07 bits per heavy atom. The van der Waals surface area contributed by atoms with E-state index in [1.807, 2.05) is 4.90 Å². The van der Waals surface area contributed by atoms with Crippen LogP contribution in [0.2, 0.25) is 0 Å². The summed E-state index contributed by atoms with van der Waals surface area (Å²) < 4.78 is 0. The Hall–Kier alpha value is -0.770. The predicted octanol–water partition coefficient (Wildman–Crippen LogP) is 1.04. The van der Waals surface area contributed by atoms with Gasteiger partial charge in [0.1, 0.15) is 0 Å². The van der Waals surface area contributed by atoms with Crippen molar-refractivity contribution in [2.75, 3.05) is 26.7 Å². The first kappa shape index (κ1) is 12.3. The van der Waals surface area contributed by atoms with E-state index in [4.69, 9.17) is 0 Å². The molecule has 0 aromatic rings. The monoisotopic (exact) mass is 213 g/mol. The molecule has 0 atom stereocenters. The normalized spacial score (nSPS) is 17.9. The van der Waals surface area contributed by atoms with E-state index in [9.17, 15) is 4.79 Å². The summed E-state index contributed by atoms with van der Waals surface area (Å²) in [6.45, 7) is 7.19. The van der Waals surface area contributed by atoms with Gasteiger partial charge in [0, 0.05) is 19.6 Å². The van der Waals surface area contributed by atoms with Gasteiger partial charge < -0.3 is 15.5 Å². The molecule has 1 heterocycles. The molecule has 1 fully saturated rings. The highest BCUT2D eigenvalue weighted by Gasteiger charge is 2.21. The first-order valence-electron chi connectivity index (χ1n) is 5.84. The largest absolute Gasteiger partial charge is 0.341 e. The van der Waals surface area contributed by atoms with E-state index in [1.165, 1.54) is 12.8 Å². The molecule has 88 valence electrons. The lowest BCUT2D eigenvalue weighted by Crippen LogP contribution is -2.46. The second kappa shape index (κ2) is 5.95.